The Balaban J connectivity index is 1.88. The van der Waals surface area contributed by atoms with Crippen LogP contribution in [0.25, 0.3) is 0 Å². The van der Waals surface area contributed by atoms with Crippen LogP contribution in [0, 0.1) is 6.92 Å². The van der Waals surface area contributed by atoms with Crippen molar-refractivity contribution in [2.75, 3.05) is 50.2 Å². The predicted molar refractivity (Wildman–Crippen MR) is 122 cm³/mol. The highest BCUT2D eigenvalue weighted by Crippen LogP contribution is 2.26. The maximum atomic E-state index is 13.5. The summed E-state index contributed by atoms with van der Waals surface area (Å²) in [5, 5.41) is 0. The van der Waals surface area contributed by atoms with E-state index in [1.165, 1.54) is 4.31 Å². The molecule has 31 heavy (non-hydrogen) atoms. The van der Waals surface area contributed by atoms with Gasteiger partial charge in [-0.25, -0.2) is 8.42 Å². The summed E-state index contributed by atoms with van der Waals surface area (Å²) < 4.78 is 33.6. The van der Waals surface area contributed by atoms with Gasteiger partial charge in [-0.2, -0.15) is 0 Å². The van der Waals surface area contributed by atoms with Crippen molar-refractivity contribution in [3.05, 3.63) is 54.1 Å². The molecule has 0 atom stereocenters. The van der Waals surface area contributed by atoms with Crippen LogP contribution in [-0.2, 0) is 14.8 Å². The van der Waals surface area contributed by atoms with Gasteiger partial charge in [-0.05, 0) is 56.8 Å². The maximum Gasteiger partial charge on any atom is 0.264 e. The predicted octanol–water partition coefficient (Wildman–Crippen LogP) is 2.75. The highest BCUT2D eigenvalue weighted by atomic mass is 32.2. The first-order valence-electron chi connectivity index (χ1n) is 10.7. The Morgan fingerprint density at radius 2 is 1.58 bits per heavy atom. The number of piperazine rings is 1. The first kappa shape index (κ1) is 23.1. The number of hydrogen-bond donors (Lipinski definition) is 0. The molecule has 0 aliphatic carbocycles. The van der Waals surface area contributed by atoms with Crippen LogP contribution in [0.5, 0.6) is 5.75 Å². The lowest BCUT2D eigenvalue weighted by Gasteiger charge is -2.35. The molecule has 1 amide bonds. The van der Waals surface area contributed by atoms with Crippen LogP contribution in [0.2, 0.25) is 0 Å². The molecule has 0 saturated carbocycles. The minimum absolute atomic E-state index is 0.163. The molecule has 0 N–H and O–H groups in total. The van der Waals surface area contributed by atoms with Gasteiger partial charge >= 0.3 is 0 Å². The third-order valence-electron chi connectivity index (χ3n) is 5.50. The summed E-state index contributed by atoms with van der Waals surface area (Å²) in [6.45, 7) is 9.93. The first-order valence-corrected chi connectivity index (χ1v) is 12.1. The number of carbonyl (C=O) groups excluding carboxylic acids is 1. The van der Waals surface area contributed by atoms with E-state index in [0.29, 0.717) is 31.1 Å². The monoisotopic (exact) mass is 445 g/mol. The number of carbonyl (C=O) groups is 1. The number of aryl methyl sites for hydroxylation is 1. The van der Waals surface area contributed by atoms with Crippen LogP contribution < -0.4 is 9.04 Å². The van der Waals surface area contributed by atoms with E-state index in [-0.39, 0.29) is 17.3 Å². The quantitative estimate of drug-likeness (QED) is 0.625. The number of amides is 1. The van der Waals surface area contributed by atoms with Crippen LogP contribution in [0.3, 0.4) is 0 Å². The van der Waals surface area contributed by atoms with E-state index in [0.717, 1.165) is 25.2 Å². The van der Waals surface area contributed by atoms with E-state index >= 15 is 0 Å². The molecule has 0 spiro atoms. The Hall–Kier alpha value is -2.58. The zero-order valence-electron chi connectivity index (χ0n) is 18.5. The Morgan fingerprint density at radius 3 is 2.13 bits per heavy atom. The molecule has 7 nitrogen and oxygen atoms in total. The Labute approximate surface area is 185 Å². The van der Waals surface area contributed by atoms with Crippen LogP contribution in [-0.4, -0.2) is 70.0 Å². The smallest absolute Gasteiger partial charge is 0.264 e. The number of benzene rings is 2. The zero-order valence-corrected chi connectivity index (χ0v) is 19.3. The molecule has 0 unspecified atom stereocenters. The van der Waals surface area contributed by atoms with Crippen LogP contribution in [0.1, 0.15) is 19.4 Å². The topological polar surface area (TPSA) is 70.2 Å². The highest BCUT2D eigenvalue weighted by Gasteiger charge is 2.30. The standard InChI is InChI=1S/C23H31N3O4S/c1-4-24-14-16-25(17-15-24)23(27)18-26(20-8-10-21(11-9-20)30-5-2)31(28,29)22-12-6-19(3)7-13-22/h6-13H,4-5,14-18H2,1-3H3. The number of sulfonamides is 1. The lowest BCUT2D eigenvalue weighted by atomic mass is 10.2. The van der Waals surface area contributed by atoms with Crippen LogP contribution in [0.4, 0.5) is 5.69 Å². The number of anilines is 1. The molecule has 1 aliphatic rings. The molecule has 1 heterocycles. The molecular formula is C23H31N3O4S. The first-order chi connectivity index (χ1) is 14.8. The van der Waals surface area contributed by atoms with Crippen molar-refractivity contribution < 1.29 is 17.9 Å². The molecule has 1 saturated heterocycles. The lowest BCUT2D eigenvalue weighted by Crippen LogP contribution is -2.51. The fraction of sp³-hybridized carbons (Fsp3) is 0.435. The molecule has 1 fully saturated rings. The Bertz CT molecular complexity index is 967. The van der Waals surface area contributed by atoms with Gasteiger partial charge in [-0.15, -0.1) is 0 Å². The molecule has 0 bridgehead atoms. The summed E-state index contributed by atoms with van der Waals surface area (Å²) in [7, 11) is -3.91. The molecule has 2 aromatic rings. The van der Waals surface area contributed by atoms with Crippen molar-refractivity contribution in [2.24, 2.45) is 0 Å². The second-order valence-corrected chi connectivity index (χ2v) is 9.43. The molecule has 168 valence electrons. The normalized spacial score (nSPS) is 15.0. The van der Waals surface area contributed by atoms with Gasteiger partial charge in [0, 0.05) is 26.2 Å². The molecular weight excluding hydrogens is 414 g/mol. The average Bonchev–Trinajstić information content (AvgIpc) is 2.78. The van der Waals surface area contributed by atoms with Crippen molar-refractivity contribution in [1.29, 1.82) is 0 Å². The van der Waals surface area contributed by atoms with E-state index in [2.05, 4.69) is 11.8 Å². The SMILES string of the molecule is CCOc1ccc(N(CC(=O)N2CCN(CC)CC2)S(=O)(=O)c2ccc(C)cc2)cc1. The third kappa shape index (κ3) is 5.57. The fourth-order valence-electron chi connectivity index (χ4n) is 3.56. The minimum atomic E-state index is -3.91. The minimum Gasteiger partial charge on any atom is -0.494 e. The number of rotatable bonds is 8. The molecule has 3 rings (SSSR count). The molecule has 8 heteroatoms. The molecule has 0 aromatic heterocycles. The second kappa shape index (κ2) is 10.2. The molecule has 0 radical (unpaired) electrons. The van der Waals surface area contributed by atoms with Crippen molar-refractivity contribution in [3.63, 3.8) is 0 Å². The van der Waals surface area contributed by atoms with Crippen LogP contribution >= 0.6 is 0 Å². The van der Waals surface area contributed by atoms with E-state index in [4.69, 9.17) is 4.74 Å². The third-order valence-corrected chi connectivity index (χ3v) is 7.28. The summed E-state index contributed by atoms with van der Waals surface area (Å²) in [4.78, 5) is 17.2. The maximum absolute atomic E-state index is 13.5. The van der Waals surface area contributed by atoms with Gasteiger partial charge in [0.2, 0.25) is 5.91 Å². The van der Waals surface area contributed by atoms with Gasteiger partial charge in [-0.1, -0.05) is 24.6 Å². The molecule has 2 aromatic carbocycles. The summed E-state index contributed by atoms with van der Waals surface area (Å²) in [5.41, 5.74) is 1.40. The number of likely N-dealkylation sites (N-methyl/N-ethyl adjacent to an activating group) is 1. The van der Waals surface area contributed by atoms with E-state index in [1.807, 2.05) is 13.8 Å². The second-order valence-electron chi connectivity index (χ2n) is 7.57. The summed E-state index contributed by atoms with van der Waals surface area (Å²) in [6, 6.07) is 13.5. The van der Waals surface area contributed by atoms with Crippen LogP contribution in [0.15, 0.2) is 53.4 Å². The van der Waals surface area contributed by atoms with Gasteiger partial charge in [0.05, 0.1) is 17.2 Å². The van der Waals surface area contributed by atoms with Crippen molar-refractivity contribution in [1.82, 2.24) is 9.80 Å². The van der Waals surface area contributed by atoms with E-state index < -0.39 is 10.0 Å². The summed E-state index contributed by atoms with van der Waals surface area (Å²) >= 11 is 0. The van der Waals surface area contributed by atoms with Crippen molar-refractivity contribution in [2.45, 2.75) is 25.7 Å². The number of hydrogen-bond acceptors (Lipinski definition) is 5. The average molecular weight is 446 g/mol. The number of nitrogens with zero attached hydrogens (tertiary/aromatic N) is 3. The summed E-state index contributed by atoms with van der Waals surface area (Å²) in [6.07, 6.45) is 0. The zero-order chi connectivity index (χ0) is 22.4. The van der Waals surface area contributed by atoms with Gasteiger partial charge in [0.25, 0.3) is 10.0 Å². The largest absolute Gasteiger partial charge is 0.494 e. The Kier molecular flexibility index (Phi) is 7.56. The van der Waals surface area contributed by atoms with Gasteiger partial charge in [0.15, 0.2) is 0 Å². The molecule has 1 aliphatic heterocycles. The van der Waals surface area contributed by atoms with Gasteiger partial charge in [0.1, 0.15) is 12.3 Å². The number of ether oxygens (including phenoxy) is 1. The van der Waals surface area contributed by atoms with Crippen molar-refractivity contribution >= 4 is 21.6 Å². The van der Waals surface area contributed by atoms with E-state index in [9.17, 15) is 13.2 Å². The van der Waals surface area contributed by atoms with Gasteiger partial charge < -0.3 is 14.5 Å². The Morgan fingerprint density at radius 1 is 0.968 bits per heavy atom. The van der Waals surface area contributed by atoms with E-state index in [1.54, 1.807) is 53.4 Å². The van der Waals surface area contributed by atoms with Gasteiger partial charge in [-0.3, -0.25) is 9.10 Å². The fourth-order valence-corrected chi connectivity index (χ4v) is 4.98. The highest BCUT2D eigenvalue weighted by molar-refractivity contribution is 7.92. The lowest BCUT2D eigenvalue weighted by molar-refractivity contribution is -0.131. The summed E-state index contributed by atoms with van der Waals surface area (Å²) in [5.74, 6) is 0.460. The van der Waals surface area contributed by atoms with Crippen molar-refractivity contribution in [3.8, 4) is 5.75 Å².